The van der Waals surface area contributed by atoms with Gasteiger partial charge in [-0.05, 0) is 49.8 Å². The summed E-state index contributed by atoms with van der Waals surface area (Å²) in [6.07, 6.45) is 1.33. The summed E-state index contributed by atoms with van der Waals surface area (Å²) in [5.41, 5.74) is 0.532. The molecule has 0 saturated heterocycles. The second-order valence-corrected chi connectivity index (χ2v) is 9.62. The first-order valence-corrected chi connectivity index (χ1v) is 11.5. The molecule has 6 nitrogen and oxygen atoms in total. The van der Waals surface area contributed by atoms with Gasteiger partial charge in [-0.3, -0.25) is 4.57 Å². The Labute approximate surface area is 160 Å². The monoisotopic (exact) mass is 410 g/mol. The second kappa shape index (κ2) is 9.33. The molecule has 2 rings (SSSR count). The molecule has 0 aliphatic heterocycles. The highest BCUT2D eigenvalue weighted by Gasteiger charge is 2.39. The third-order valence-electron chi connectivity index (χ3n) is 3.60. The first-order valence-electron chi connectivity index (χ1n) is 8.43. The molecule has 0 radical (unpaired) electrons. The Morgan fingerprint density at radius 1 is 0.963 bits per heavy atom. The van der Waals surface area contributed by atoms with E-state index in [-0.39, 0.29) is 18.1 Å². The Bertz CT molecular complexity index is 910. The van der Waals surface area contributed by atoms with Crippen molar-refractivity contribution in [3.63, 3.8) is 0 Å². The molecule has 27 heavy (non-hydrogen) atoms. The van der Waals surface area contributed by atoms with E-state index in [0.717, 1.165) is 0 Å². The van der Waals surface area contributed by atoms with Gasteiger partial charge in [-0.15, -0.1) is 0 Å². The van der Waals surface area contributed by atoms with Crippen molar-refractivity contribution in [2.75, 3.05) is 20.3 Å². The third kappa shape index (κ3) is 5.08. The van der Waals surface area contributed by atoms with Gasteiger partial charge < -0.3 is 13.8 Å². The third-order valence-corrected chi connectivity index (χ3v) is 8.42. The fraction of sp³-hybridized carbons (Fsp3) is 0.263. The molecule has 2 aromatic carbocycles. The standard InChI is InChI=1S/C19H23O6PS/c1-4-24-26(20,25-5-2)19(15-16-11-13-17(23-3)14-12-16)27(21,22)18-9-7-6-8-10-18/h6-15H,4-5H2,1-3H3. The van der Waals surface area contributed by atoms with Crippen LogP contribution in [0.3, 0.4) is 0 Å². The fourth-order valence-electron chi connectivity index (χ4n) is 2.37. The zero-order chi connectivity index (χ0) is 19.9. The molecule has 0 aromatic heterocycles. The highest BCUT2D eigenvalue weighted by atomic mass is 32.2. The minimum absolute atomic E-state index is 0.0180. The Morgan fingerprint density at radius 3 is 2.00 bits per heavy atom. The minimum Gasteiger partial charge on any atom is -0.497 e. The highest BCUT2D eigenvalue weighted by molar-refractivity contribution is 8.03. The van der Waals surface area contributed by atoms with Crippen molar-refractivity contribution in [1.82, 2.24) is 0 Å². The van der Waals surface area contributed by atoms with Crippen LogP contribution in [0.2, 0.25) is 0 Å². The molecule has 8 heteroatoms. The molecule has 0 heterocycles. The molecule has 2 aromatic rings. The SMILES string of the molecule is CCOP(=O)(OCC)C(=Cc1ccc(OC)cc1)S(=O)(=O)c1ccccc1. The maximum Gasteiger partial charge on any atom is 0.373 e. The van der Waals surface area contributed by atoms with Gasteiger partial charge in [0.2, 0.25) is 9.84 Å². The first kappa shape index (κ1) is 21.4. The van der Waals surface area contributed by atoms with Crippen LogP contribution in [-0.4, -0.2) is 28.7 Å². The minimum atomic E-state index is -4.10. The van der Waals surface area contributed by atoms with Crippen molar-refractivity contribution < 1.29 is 26.8 Å². The van der Waals surface area contributed by atoms with Gasteiger partial charge in [0.1, 0.15) is 5.75 Å². The Kier molecular flexibility index (Phi) is 7.39. The van der Waals surface area contributed by atoms with Gasteiger partial charge in [-0.2, -0.15) is 0 Å². The van der Waals surface area contributed by atoms with Crippen molar-refractivity contribution in [3.8, 4) is 5.75 Å². The van der Waals surface area contributed by atoms with E-state index >= 15 is 0 Å². The molecule has 0 aliphatic carbocycles. The normalized spacial score (nSPS) is 12.8. The zero-order valence-corrected chi connectivity index (χ0v) is 17.2. The molecule has 0 saturated carbocycles. The van der Waals surface area contributed by atoms with E-state index in [1.54, 1.807) is 56.3 Å². The molecule has 0 fully saturated rings. The smallest absolute Gasteiger partial charge is 0.373 e. The van der Waals surface area contributed by atoms with Gasteiger partial charge in [0, 0.05) is 0 Å². The number of sulfone groups is 1. The summed E-state index contributed by atoms with van der Waals surface area (Å²) >= 11 is 0. The topological polar surface area (TPSA) is 78.9 Å². The summed E-state index contributed by atoms with van der Waals surface area (Å²) in [5, 5.41) is 0. The number of rotatable bonds is 9. The maximum absolute atomic E-state index is 13.3. The summed E-state index contributed by atoms with van der Waals surface area (Å²) in [7, 11) is -6.62. The van der Waals surface area contributed by atoms with Crippen LogP contribution in [0, 0.1) is 0 Å². The van der Waals surface area contributed by atoms with Crippen molar-refractivity contribution in [2.45, 2.75) is 18.7 Å². The van der Waals surface area contributed by atoms with E-state index in [0.29, 0.717) is 11.3 Å². The van der Waals surface area contributed by atoms with Crippen LogP contribution in [-0.2, 0) is 23.4 Å². The molecule has 0 aliphatic rings. The molecule has 0 N–H and O–H groups in total. The first-order chi connectivity index (χ1) is 12.9. The lowest BCUT2D eigenvalue weighted by Gasteiger charge is -2.20. The molecule has 0 spiro atoms. The van der Waals surface area contributed by atoms with E-state index in [9.17, 15) is 13.0 Å². The van der Waals surface area contributed by atoms with Crippen molar-refractivity contribution in [1.29, 1.82) is 0 Å². The fourth-order valence-corrected chi connectivity index (χ4v) is 6.55. The zero-order valence-electron chi connectivity index (χ0n) is 15.5. The van der Waals surface area contributed by atoms with E-state index in [1.807, 2.05) is 0 Å². The van der Waals surface area contributed by atoms with Crippen molar-refractivity contribution in [3.05, 3.63) is 64.8 Å². The molecule has 0 atom stereocenters. The summed E-state index contributed by atoms with van der Waals surface area (Å²) in [4.78, 5) is 0.0180. The molecular weight excluding hydrogens is 387 g/mol. The maximum atomic E-state index is 13.3. The molecule has 146 valence electrons. The van der Waals surface area contributed by atoms with E-state index in [4.69, 9.17) is 13.8 Å². The average Bonchev–Trinajstić information content (AvgIpc) is 2.67. The van der Waals surface area contributed by atoms with Gasteiger partial charge in [0.15, 0.2) is 4.65 Å². The largest absolute Gasteiger partial charge is 0.497 e. The van der Waals surface area contributed by atoms with Crippen LogP contribution >= 0.6 is 7.60 Å². The van der Waals surface area contributed by atoms with Crippen molar-refractivity contribution >= 4 is 23.5 Å². The van der Waals surface area contributed by atoms with Gasteiger partial charge in [-0.25, -0.2) is 8.42 Å². The lowest BCUT2D eigenvalue weighted by atomic mass is 10.2. The van der Waals surface area contributed by atoms with E-state index < -0.39 is 22.1 Å². The van der Waals surface area contributed by atoms with Gasteiger partial charge >= 0.3 is 7.60 Å². The Balaban J connectivity index is 2.67. The summed E-state index contributed by atoms with van der Waals surface area (Å²) in [6, 6.07) is 14.5. The Hall–Kier alpha value is -1.92. The number of ether oxygens (including phenoxy) is 1. The summed E-state index contributed by atoms with van der Waals surface area (Å²) < 4.78 is 55.2. The van der Waals surface area contributed by atoms with Crippen LogP contribution < -0.4 is 4.74 Å². The summed E-state index contributed by atoms with van der Waals surface area (Å²) in [5.74, 6) is 0.623. The molecule has 0 bridgehead atoms. The van der Waals surface area contributed by atoms with Crippen LogP contribution in [0.25, 0.3) is 6.08 Å². The number of methoxy groups -OCH3 is 1. The van der Waals surface area contributed by atoms with Crippen LogP contribution in [0.1, 0.15) is 19.4 Å². The van der Waals surface area contributed by atoms with Crippen LogP contribution in [0.15, 0.2) is 64.1 Å². The second-order valence-electron chi connectivity index (χ2n) is 5.41. The van der Waals surface area contributed by atoms with E-state index in [2.05, 4.69) is 0 Å². The number of hydrogen-bond acceptors (Lipinski definition) is 6. The number of benzene rings is 2. The van der Waals surface area contributed by atoms with E-state index in [1.165, 1.54) is 25.3 Å². The lowest BCUT2D eigenvalue weighted by molar-refractivity contribution is 0.228. The van der Waals surface area contributed by atoms with Gasteiger partial charge in [0.25, 0.3) is 0 Å². The van der Waals surface area contributed by atoms with Crippen LogP contribution in [0.4, 0.5) is 0 Å². The predicted octanol–water partition coefficient (Wildman–Crippen LogP) is 4.73. The van der Waals surface area contributed by atoms with Crippen molar-refractivity contribution in [2.24, 2.45) is 0 Å². The average molecular weight is 410 g/mol. The van der Waals surface area contributed by atoms with Crippen LogP contribution in [0.5, 0.6) is 5.75 Å². The predicted molar refractivity (Wildman–Crippen MR) is 105 cm³/mol. The quantitative estimate of drug-likeness (QED) is 0.556. The Morgan fingerprint density at radius 2 is 1.52 bits per heavy atom. The lowest BCUT2D eigenvalue weighted by Crippen LogP contribution is -2.09. The highest BCUT2D eigenvalue weighted by Crippen LogP contribution is 2.59. The molecule has 0 unspecified atom stereocenters. The summed E-state index contributed by atoms with van der Waals surface area (Å²) in [6.45, 7) is 3.35. The number of hydrogen-bond donors (Lipinski definition) is 0. The molecule has 0 amide bonds. The van der Waals surface area contributed by atoms with Gasteiger partial charge in [0.05, 0.1) is 25.2 Å². The van der Waals surface area contributed by atoms with Gasteiger partial charge in [-0.1, -0.05) is 30.3 Å². The molecular formula is C19H23O6PS.